The first-order chi connectivity index (χ1) is 7.76. The molecule has 16 heavy (non-hydrogen) atoms. The van der Waals surface area contributed by atoms with Gasteiger partial charge in [-0.1, -0.05) is 25.1 Å². The molecule has 0 amide bonds. The van der Waals surface area contributed by atoms with Crippen molar-refractivity contribution >= 4 is 0 Å². The average molecular weight is 215 g/mol. The maximum Gasteiger partial charge on any atom is 0.0997 e. The molecule has 1 fully saturated rings. The summed E-state index contributed by atoms with van der Waals surface area (Å²) in [6.45, 7) is 5.07. The van der Waals surface area contributed by atoms with Crippen molar-refractivity contribution in [2.24, 2.45) is 0 Å². The van der Waals surface area contributed by atoms with E-state index >= 15 is 0 Å². The molecular weight excluding hydrogens is 198 g/mol. The minimum absolute atomic E-state index is 0.428. The lowest BCUT2D eigenvalue weighted by Gasteiger charge is -2.16. The molecule has 1 heterocycles. The summed E-state index contributed by atoms with van der Waals surface area (Å²) in [6.07, 6.45) is 2.55. The van der Waals surface area contributed by atoms with Crippen LogP contribution in [0.5, 0.6) is 0 Å². The van der Waals surface area contributed by atoms with Crippen LogP contribution in [0, 0.1) is 18.3 Å². The van der Waals surface area contributed by atoms with E-state index < -0.39 is 0 Å². The highest BCUT2D eigenvalue weighted by molar-refractivity contribution is 5.45. The van der Waals surface area contributed by atoms with Crippen molar-refractivity contribution in [1.29, 1.82) is 5.26 Å². The van der Waals surface area contributed by atoms with E-state index in [-0.39, 0.29) is 0 Å². The van der Waals surface area contributed by atoms with Gasteiger partial charge in [-0.15, -0.1) is 0 Å². The molecule has 2 unspecified atom stereocenters. The van der Waals surface area contributed by atoms with Crippen LogP contribution >= 0.6 is 0 Å². The summed E-state index contributed by atoms with van der Waals surface area (Å²) in [5, 5.41) is 9.21. The predicted molar refractivity (Wildman–Crippen MR) is 63.3 cm³/mol. The number of ether oxygens (including phenoxy) is 1. The Balaban J connectivity index is 2.29. The SMILES string of the molecule is CCC(CC1CO1)c1cccc(C)c1C#N. The minimum atomic E-state index is 0.428. The number of aryl methyl sites for hydroxylation is 1. The summed E-state index contributed by atoms with van der Waals surface area (Å²) in [5.74, 6) is 0.460. The van der Waals surface area contributed by atoms with Crippen molar-refractivity contribution in [3.8, 4) is 6.07 Å². The maximum absolute atomic E-state index is 9.21. The zero-order valence-electron chi connectivity index (χ0n) is 9.86. The molecule has 0 spiro atoms. The number of nitrogens with zero attached hydrogens (tertiary/aromatic N) is 1. The summed E-state index contributed by atoms with van der Waals surface area (Å²) < 4.78 is 5.28. The molecule has 2 nitrogen and oxygen atoms in total. The molecule has 0 bridgehead atoms. The fourth-order valence-corrected chi connectivity index (χ4v) is 2.22. The smallest absolute Gasteiger partial charge is 0.0997 e. The third-order valence-electron chi connectivity index (χ3n) is 3.30. The second-order valence-electron chi connectivity index (χ2n) is 4.45. The quantitative estimate of drug-likeness (QED) is 0.723. The van der Waals surface area contributed by atoms with Gasteiger partial charge in [0.25, 0.3) is 0 Å². The zero-order chi connectivity index (χ0) is 11.5. The van der Waals surface area contributed by atoms with Crippen molar-refractivity contribution in [1.82, 2.24) is 0 Å². The Morgan fingerprint density at radius 3 is 2.88 bits per heavy atom. The molecular formula is C14H17NO. The maximum atomic E-state index is 9.21. The molecule has 0 aliphatic carbocycles. The summed E-state index contributed by atoms with van der Waals surface area (Å²) in [4.78, 5) is 0. The molecule has 84 valence electrons. The van der Waals surface area contributed by atoms with E-state index in [0.29, 0.717) is 12.0 Å². The number of nitriles is 1. The number of hydrogen-bond donors (Lipinski definition) is 0. The average Bonchev–Trinajstić information content (AvgIpc) is 3.09. The van der Waals surface area contributed by atoms with Crippen LogP contribution in [-0.2, 0) is 4.74 Å². The van der Waals surface area contributed by atoms with Gasteiger partial charge in [0.1, 0.15) is 0 Å². The second-order valence-corrected chi connectivity index (χ2v) is 4.45. The van der Waals surface area contributed by atoms with Crippen LogP contribution in [0.3, 0.4) is 0 Å². The Bertz CT molecular complexity index is 415. The molecule has 1 aromatic rings. The van der Waals surface area contributed by atoms with Crippen molar-refractivity contribution in [3.63, 3.8) is 0 Å². The van der Waals surface area contributed by atoms with Gasteiger partial charge in [-0.05, 0) is 36.8 Å². The Hall–Kier alpha value is -1.33. The Morgan fingerprint density at radius 2 is 2.31 bits per heavy atom. The predicted octanol–water partition coefficient (Wildman–Crippen LogP) is 3.15. The molecule has 2 heteroatoms. The summed E-state index contributed by atoms with van der Waals surface area (Å²) >= 11 is 0. The van der Waals surface area contributed by atoms with E-state index in [1.807, 2.05) is 19.1 Å². The molecule has 1 aliphatic rings. The van der Waals surface area contributed by atoms with Crippen LogP contribution in [0.1, 0.15) is 42.4 Å². The number of benzene rings is 1. The highest BCUT2D eigenvalue weighted by Crippen LogP contribution is 2.32. The molecule has 2 atom stereocenters. The largest absolute Gasteiger partial charge is 0.373 e. The van der Waals surface area contributed by atoms with Gasteiger partial charge in [0.15, 0.2) is 0 Å². The van der Waals surface area contributed by atoms with Crippen LogP contribution in [-0.4, -0.2) is 12.7 Å². The fourth-order valence-electron chi connectivity index (χ4n) is 2.22. The van der Waals surface area contributed by atoms with Gasteiger partial charge < -0.3 is 4.74 Å². The first kappa shape index (κ1) is 11.2. The molecule has 0 saturated carbocycles. The highest BCUT2D eigenvalue weighted by atomic mass is 16.6. The zero-order valence-corrected chi connectivity index (χ0v) is 9.86. The number of hydrogen-bond acceptors (Lipinski definition) is 2. The van der Waals surface area contributed by atoms with Gasteiger partial charge in [0.2, 0.25) is 0 Å². The van der Waals surface area contributed by atoms with E-state index in [0.717, 1.165) is 30.6 Å². The summed E-state index contributed by atoms with van der Waals surface area (Å²) in [5.41, 5.74) is 3.13. The topological polar surface area (TPSA) is 36.3 Å². The standard InChI is InChI=1S/C14H17NO/c1-3-11(7-12-9-16-12)13-6-4-5-10(2)14(13)8-15/h4-6,11-12H,3,7,9H2,1-2H3. The van der Waals surface area contributed by atoms with Crippen LogP contribution < -0.4 is 0 Å². The first-order valence-electron chi connectivity index (χ1n) is 5.87. The Morgan fingerprint density at radius 1 is 1.56 bits per heavy atom. The lowest BCUT2D eigenvalue weighted by Crippen LogP contribution is -2.05. The van der Waals surface area contributed by atoms with E-state index in [9.17, 15) is 5.26 Å². The van der Waals surface area contributed by atoms with Gasteiger partial charge >= 0.3 is 0 Å². The summed E-state index contributed by atoms with van der Waals surface area (Å²) in [6, 6.07) is 8.46. The Kier molecular flexibility index (Phi) is 3.26. The fraction of sp³-hybridized carbons (Fsp3) is 0.500. The van der Waals surface area contributed by atoms with E-state index in [4.69, 9.17) is 4.74 Å². The van der Waals surface area contributed by atoms with E-state index in [2.05, 4.69) is 19.1 Å². The van der Waals surface area contributed by atoms with Gasteiger partial charge in [-0.3, -0.25) is 0 Å². The van der Waals surface area contributed by atoms with Crippen LogP contribution in [0.15, 0.2) is 18.2 Å². The lowest BCUT2D eigenvalue weighted by atomic mass is 9.87. The monoisotopic (exact) mass is 215 g/mol. The third-order valence-corrected chi connectivity index (χ3v) is 3.30. The highest BCUT2D eigenvalue weighted by Gasteiger charge is 2.27. The van der Waals surface area contributed by atoms with Crippen LogP contribution in [0.4, 0.5) is 0 Å². The Labute approximate surface area is 96.9 Å². The van der Waals surface area contributed by atoms with Crippen molar-refractivity contribution in [2.45, 2.75) is 38.7 Å². The van der Waals surface area contributed by atoms with Crippen molar-refractivity contribution in [3.05, 3.63) is 34.9 Å². The van der Waals surface area contributed by atoms with Crippen molar-refractivity contribution < 1.29 is 4.74 Å². The second kappa shape index (κ2) is 4.67. The molecule has 1 aromatic carbocycles. The minimum Gasteiger partial charge on any atom is -0.373 e. The van der Waals surface area contributed by atoms with Crippen LogP contribution in [0.2, 0.25) is 0 Å². The molecule has 0 N–H and O–H groups in total. The molecule has 1 aliphatic heterocycles. The van der Waals surface area contributed by atoms with Gasteiger partial charge in [0, 0.05) is 0 Å². The van der Waals surface area contributed by atoms with Gasteiger partial charge in [-0.2, -0.15) is 5.26 Å². The first-order valence-corrected chi connectivity index (χ1v) is 5.87. The molecule has 2 rings (SSSR count). The third kappa shape index (κ3) is 2.25. The lowest BCUT2D eigenvalue weighted by molar-refractivity contribution is 0.377. The number of rotatable bonds is 4. The number of epoxide rings is 1. The van der Waals surface area contributed by atoms with E-state index in [1.165, 1.54) is 5.56 Å². The normalized spacial score (nSPS) is 20.2. The molecule has 1 saturated heterocycles. The van der Waals surface area contributed by atoms with Gasteiger partial charge in [-0.25, -0.2) is 0 Å². The molecule has 0 aromatic heterocycles. The summed E-state index contributed by atoms with van der Waals surface area (Å²) in [7, 11) is 0. The van der Waals surface area contributed by atoms with Gasteiger partial charge in [0.05, 0.1) is 24.3 Å². The van der Waals surface area contributed by atoms with Crippen molar-refractivity contribution in [2.75, 3.05) is 6.61 Å². The van der Waals surface area contributed by atoms with Crippen LogP contribution in [0.25, 0.3) is 0 Å². The van der Waals surface area contributed by atoms with E-state index in [1.54, 1.807) is 0 Å². The molecule has 0 radical (unpaired) electrons.